The summed E-state index contributed by atoms with van der Waals surface area (Å²) >= 11 is 0. The van der Waals surface area contributed by atoms with Crippen LogP contribution in [0.25, 0.3) is 55.1 Å². The standard InChI is InChI=1S/C50H47N5O.Pt/c1-27(2)33-15-19-41-39(24-33)36-13-12-20-51-46(36)54(41)34-16-17-35-38-22-28(3)14-18-42(38)55(44(35)25-34)43-26-37(31(6)52-32(43)7)47-53-49(10)40-23-29(4)21-30(5)45(40)48(8,9)50(49,11)56-47;/h12-24,27H,1-11H3;/q-2;+2/t49-,50+;/m1./s1. The molecule has 288 valence electrons. The Morgan fingerprint density at radius 3 is 2.23 bits per heavy atom. The summed E-state index contributed by atoms with van der Waals surface area (Å²) in [5.41, 5.74) is 14.5. The van der Waals surface area contributed by atoms with E-state index in [2.05, 4.69) is 157 Å². The van der Waals surface area contributed by atoms with Gasteiger partial charge in [0.1, 0.15) is 22.7 Å². The van der Waals surface area contributed by atoms with Crippen molar-refractivity contribution in [2.24, 2.45) is 4.99 Å². The van der Waals surface area contributed by atoms with E-state index in [4.69, 9.17) is 19.7 Å². The number of aryl methyl sites for hydroxylation is 5. The molecule has 0 saturated carbocycles. The van der Waals surface area contributed by atoms with Crippen molar-refractivity contribution in [1.82, 2.24) is 19.1 Å². The first-order valence-corrected chi connectivity index (χ1v) is 19.8. The molecule has 1 aliphatic carbocycles. The van der Waals surface area contributed by atoms with Crippen LogP contribution in [0.2, 0.25) is 0 Å². The second kappa shape index (κ2) is 12.5. The predicted molar refractivity (Wildman–Crippen MR) is 229 cm³/mol. The fraction of sp³-hybridized carbons (Fsp3) is 0.300. The SMILES string of the molecule is Cc1cc(C)c2c(c1)[C@@]1(C)N=C(c3[c-]c(-n4c5[c-]c(-n6c7ccc(C(C)C)cc7c7cccnc76)ccc5c5cc(C)ccc54)c(C)nc3C)O[C@@]1(C)C2(C)C.[Pt+2]. The van der Waals surface area contributed by atoms with E-state index in [1.54, 1.807) is 0 Å². The van der Waals surface area contributed by atoms with Crippen LogP contribution in [-0.2, 0) is 36.8 Å². The Hall–Kier alpha value is -5.06. The minimum Gasteiger partial charge on any atom is -0.510 e. The molecule has 8 aromatic rings. The number of ether oxygens (including phenoxy) is 1. The van der Waals surface area contributed by atoms with Gasteiger partial charge in [0.15, 0.2) is 0 Å². The van der Waals surface area contributed by atoms with Gasteiger partial charge in [-0.15, -0.1) is 23.6 Å². The van der Waals surface area contributed by atoms with E-state index in [9.17, 15) is 0 Å². The Kier molecular flexibility index (Phi) is 8.21. The molecule has 2 atom stereocenters. The third kappa shape index (κ3) is 4.95. The number of hydrogen-bond donors (Lipinski definition) is 0. The summed E-state index contributed by atoms with van der Waals surface area (Å²) in [7, 11) is 0. The average Bonchev–Trinajstić information content (AvgIpc) is 3.78. The van der Waals surface area contributed by atoms with Crippen LogP contribution >= 0.6 is 0 Å². The van der Waals surface area contributed by atoms with E-state index in [-0.39, 0.29) is 26.5 Å². The fourth-order valence-corrected chi connectivity index (χ4v) is 10.2. The Labute approximate surface area is 349 Å². The van der Waals surface area contributed by atoms with Crippen LogP contribution in [-0.4, -0.2) is 30.6 Å². The summed E-state index contributed by atoms with van der Waals surface area (Å²) < 4.78 is 11.7. The molecule has 4 aromatic carbocycles. The largest absolute Gasteiger partial charge is 2.00 e. The van der Waals surface area contributed by atoms with Gasteiger partial charge in [0.25, 0.3) is 0 Å². The zero-order chi connectivity index (χ0) is 39.2. The Morgan fingerprint density at radius 1 is 0.719 bits per heavy atom. The molecule has 6 nitrogen and oxygen atoms in total. The Balaban J connectivity index is 0.00000422. The summed E-state index contributed by atoms with van der Waals surface area (Å²) in [4.78, 5) is 15.6. The predicted octanol–water partition coefficient (Wildman–Crippen LogP) is 11.7. The molecule has 0 fully saturated rings. The van der Waals surface area contributed by atoms with Crippen molar-refractivity contribution in [1.29, 1.82) is 0 Å². The minimum absolute atomic E-state index is 0. The number of hydrogen-bond acceptors (Lipinski definition) is 4. The summed E-state index contributed by atoms with van der Waals surface area (Å²) in [6.07, 6.45) is 1.88. The number of benzene rings is 4. The monoisotopic (exact) mass is 928 g/mol. The second-order valence-electron chi connectivity index (χ2n) is 17.5. The van der Waals surface area contributed by atoms with E-state index < -0.39 is 11.1 Å². The van der Waals surface area contributed by atoms with Crippen LogP contribution in [0.15, 0.2) is 84.0 Å². The van der Waals surface area contributed by atoms with Crippen LogP contribution in [0.1, 0.15) is 97.8 Å². The van der Waals surface area contributed by atoms with Gasteiger partial charge in [-0.2, -0.15) is 6.07 Å². The zero-order valence-corrected chi connectivity index (χ0v) is 36.8. The maximum Gasteiger partial charge on any atom is 2.00 e. The van der Waals surface area contributed by atoms with Crippen molar-refractivity contribution in [3.8, 4) is 11.4 Å². The van der Waals surface area contributed by atoms with Gasteiger partial charge in [0.2, 0.25) is 0 Å². The van der Waals surface area contributed by atoms with Gasteiger partial charge >= 0.3 is 21.1 Å². The molecule has 5 heterocycles. The van der Waals surface area contributed by atoms with Gasteiger partial charge in [-0.3, -0.25) is 4.99 Å². The van der Waals surface area contributed by atoms with Crippen LogP contribution in [0.3, 0.4) is 0 Å². The molecule has 0 radical (unpaired) electrons. The van der Waals surface area contributed by atoms with Crippen molar-refractivity contribution in [2.45, 2.75) is 98.6 Å². The number of fused-ring (bicyclic) bond motifs is 9. The Morgan fingerprint density at radius 2 is 1.46 bits per heavy atom. The van der Waals surface area contributed by atoms with Gasteiger partial charge in [0.05, 0.1) is 5.52 Å². The summed E-state index contributed by atoms with van der Waals surface area (Å²) in [6, 6.07) is 34.4. The van der Waals surface area contributed by atoms with Crippen molar-refractivity contribution >= 4 is 49.6 Å². The third-order valence-electron chi connectivity index (χ3n) is 13.4. The zero-order valence-electron chi connectivity index (χ0n) is 34.5. The fourth-order valence-electron chi connectivity index (χ4n) is 10.2. The first-order valence-electron chi connectivity index (χ1n) is 19.8. The molecule has 57 heavy (non-hydrogen) atoms. The first kappa shape index (κ1) is 37.5. The van der Waals surface area contributed by atoms with Crippen molar-refractivity contribution in [3.63, 3.8) is 0 Å². The van der Waals surface area contributed by atoms with E-state index in [0.717, 1.165) is 66.7 Å². The van der Waals surface area contributed by atoms with Crippen LogP contribution in [0, 0.1) is 46.8 Å². The quantitative estimate of drug-likeness (QED) is 0.165. The Bertz CT molecular complexity index is 3060. The van der Waals surface area contributed by atoms with Gasteiger partial charge in [0, 0.05) is 27.9 Å². The topological polar surface area (TPSA) is 57.2 Å². The normalized spacial score (nSPS) is 19.7. The van der Waals surface area contributed by atoms with Gasteiger partial charge in [-0.05, 0) is 116 Å². The van der Waals surface area contributed by atoms with E-state index in [1.165, 1.54) is 38.8 Å². The molecule has 4 aromatic heterocycles. The van der Waals surface area contributed by atoms with Crippen molar-refractivity contribution < 1.29 is 25.8 Å². The van der Waals surface area contributed by atoms with Crippen LogP contribution < -0.4 is 0 Å². The van der Waals surface area contributed by atoms with Gasteiger partial charge < -0.3 is 18.9 Å². The molecule has 0 unspecified atom stereocenters. The van der Waals surface area contributed by atoms with Gasteiger partial charge in [-0.25, -0.2) is 4.98 Å². The molecule has 7 heteroatoms. The molecule has 2 aliphatic rings. The van der Waals surface area contributed by atoms with Crippen LogP contribution in [0.5, 0.6) is 0 Å². The number of aromatic nitrogens is 4. The molecule has 0 saturated heterocycles. The molecule has 0 N–H and O–H groups in total. The number of pyridine rings is 2. The van der Waals surface area contributed by atoms with Crippen molar-refractivity contribution in [3.05, 3.63) is 141 Å². The molecule has 1 aliphatic heterocycles. The summed E-state index contributed by atoms with van der Waals surface area (Å²) in [5, 5.41) is 4.60. The molecular weight excluding hydrogens is 882 g/mol. The van der Waals surface area contributed by atoms with Crippen LogP contribution in [0.4, 0.5) is 0 Å². The molecule has 0 bridgehead atoms. The molecule has 10 rings (SSSR count). The van der Waals surface area contributed by atoms with Gasteiger partial charge in [-0.1, -0.05) is 99.8 Å². The summed E-state index contributed by atoms with van der Waals surface area (Å²) in [6.45, 7) is 24.2. The molecular formula is C50H47N5OPt. The molecule has 0 spiro atoms. The maximum atomic E-state index is 7.16. The number of aliphatic imine (C=N–C) groups is 1. The van der Waals surface area contributed by atoms with Crippen molar-refractivity contribution in [2.75, 3.05) is 0 Å². The second-order valence-corrected chi connectivity index (χ2v) is 17.5. The first-order chi connectivity index (χ1) is 26.6. The minimum atomic E-state index is -0.610. The maximum absolute atomic E-state index is 7.16. The van der Waals surface area contributed by atoms with E-state index in [0.29, 0.717) is 11.8 Å². The molecule has 0 amide bonds. The number of rotatable bonds is 4. The smallest absolute Gasteiger partial charge is 0.510 e. The van der Waals surface area contributed by atoms with E-state index in [1.807, 2.05) is 19.2 Å². The third-order valence-corrected chi connectivity index (χ3v) is 13.4. The average molecular weight is 929 g/mol. The number of nitrogens with zero attached hydrogens (tertiary/aromatic N) is 5. The summed E-state index contributed by atoms with van der Waals surface area (Å²) in [5.74, 6) is 1.02. The van der Waals surface area contributed by atoms with E-state index >= 15 is 0 Å².